The maximum absolute atomic E-state index is 5.79. The fourth-order valence-electron chi connectivity index (χ4n) is 2.50. The van der Waals surface area contributed by atoms with E-state index in [0.717, 1.165) is 36.6 Å². The van der Waals surface area contributed by atoms with Gasteiger partial charge in [-0.25, -0.2) is 9.98 Å². The van der Waals surface area contributed by atoms with Gasteiger partial charge < -0.3 is 24.8 Å². The van der Waals surface area contributed by atoms with Crippen molar-refractivity contribution < 1.29 is 14.2 Å². The maximum atomic E-state index is 5.79. The fraction of sp³-hybridized carbons (Fsp3) is 0.455. The predicted octanol–water partition coefficient (Wildman–Crippen LogP) is 3.39. The van der Waals surface area contributed by atoms with E-state index in [1.165, 1.54) is 0 Å². The number of methoxy groups -OCH3 is 1. The minimum atomic E-state index is 0. The number of nitrogens with zero attached hydrogens (tertiary/aromatic N) is 2. The van der Waals surface area contributed by atoms with Crippen molar-refractivity contribution in [2.24, 2.45) is 4.99 Å². The van der Waals surface area contributed by atoms with Gasteiger partial charge in [0.2, 0.25) is 5.88 Å². The molecular weight excluding hydrogens is 495 g/mol. The van der Waals surface area contributed by atoms with Gasteiger partial charge in [-0.05, 0) is 30.5 Å². The molecule has 2 rings (SSSR count). The van der Waals surface area contributed by atoms with Crippen LogP contribution in [0, 0.1) is 0 Å². The van der Waals surface area contributed by atoms with Crippen LogP contribution in [0.25, 0.3) is 0 Å². The highest BCUT2D eigenvalue weighted by molar-refractivity contribution is 14.0. The van der Waals surface area contributed by atoms with Gasteiger partial charge >= 0.3 is 0 Å². The molecule has 0 aliphatic heterocycles. The maximum Gasteiger partial charge on any atom is 0.213 e. The number of ether oxygens (including phenoxy) is 3. The van der Waals surface area contributed by atoms with Crippen molar-refractivity contribution in [3.63, 3.8) is 0 Å². The second kappa shape index (κ2) is 16.8. The highest BCUT2D eigenvalue weighted by Gasteiger charge is 2.01. The molecule has 0 bridgehead atoms. The van der Waals surface area contributed by atoms with E-state index >= 15 is 0 Å². The number of hydrogen-bond donors (Lipinski definition) is 2. The lowest BCUT2D eigenvalue weighted by atomic mass is 10.2. The largest absolute Gasteiger partial charge is 0.473 e. The number of guanidine groups is 1. The van der Waals surface area contributed by atoms with Crippen LogP contribution in [0.1, 0.15) is 24.5 Å². The van der Waals surface area contributed by atoms with Gasteiger partial charge in [0, 0.05) is 39.1 Å². The van der Waals surface area contributed by atoms with E-state index in [1.54, 1.807) is 13.3 Å². The topological polar surface area (TPSA) is 77.0 Å². The number of aromatic nitrogens is 1. The zero-order chi connectivity index (χ0) is 20.6. The third kappa shape index (κ3) is 11.3. The Balaban J connectivity index is 0.00000450. The first kappa shape index (κ1) is 26.1. The molecule has 30 heavy (non-hydrogen) atoms. The molecule has 0 atom stereocenters. The van der Waals surface area contributed by atoms with Gasteiger partial charge in [0.25, 0.3) is 0 Å². The Labute approximate surface area is 196 Å². The smallest absolute Gasteiger partial charge is 0.213 e. The number of halogens is 1. The lowest BCUT2D eigenvalue weighted by Gasteiger charge is -2.11. The minimum absolute atomic E-state index is 0. The van der Waals surface area contributed by atoms with Crippen molar-refractivity contribution >= 4 is 29.9 Å². The van der Waals surface area contributed by atoms with Gasteiger partial charge in [-0.1, -0.05) is 30.3 Å². The summed E-state index contributed by atoms with van der Waals surface area (Å²) in [6.45, 7) is 6.64. The number of aliphatic imine (C=N–C) groups is 1. The molecule has 0 unspecified atom stereocenters. The average Bonchev–Trinajstić information content (AvgIpc) is 2.76. The van der Waals surface area contributed by atoms with Crippen LogP contribution in [0.15, 0.2) is 53.7 Å². The molecule has 0 amide bonds. The SMILES string of the molecule is CCNC(=NCc1ccnc(OCc2ccccc2)c1)NCCCOCCOC.I. The van der Waals surface area contributed by atoms with E-state index in [9.17, 15) is 0 Å². The number of rotatable bonds is 13. The molecule has 0 saturated heterocycles. The number of hydrogen-bond acceptors (Lipinski definition) is 5. The van der Waals surface area contributed by atoms with E-state index in [2.05, 4.69) is 20.6 Å². The van der Waals surface area contributed by atoms with Crippen molar-refractivity contribution in [1.82, 2.24) is 15.6 Å². The van der Waals surface area contributed by atoms with Gasteiger partial charge in [-0.3, -0.25) is 0 Å². The van der Waals surface area contributed by atoms with E-state index < -0.39 is 0 Å². The zero-order valence-corrected chi connectivity index (χ0v) is 20.1. The molecular formula is C22H33IN4O3. The molecule has 0 spiro atoms. The summed E-state index contributed by atoms with van der Waals surface area (Å²) in [4.78, 5) is 8.93. The molecule has 0 radical (unpaired) electrons. The van der Waals surface area contributed by atoms with Gasteiger partial charge in [0.05, 0.1) is 19.8 Å². The van der Waals surface area contributed by atoms with Crippen molar-refractivity contribution in [1.29, 1.82) is 0 Å². The monoisotopic (exact) mass is 528 g/mol. The highest BCUT2D eigenvalue weighted by atomic mass is 127. The summed E-state index contributed by atoms with van der Waals surface area (Å²) in [7, 11) is 1.67. The number of nitrogens with one attached hydrogen (secondary N) is 2. The lowest BCUT2D eigenvalue weighted by Crippen LogP contribution is -2.38. The summed E-state index contributed by atoms with van der Waals surface area (Å²) in [6, 6.07) is 13.9. The van der Waals surface area contributed by atoms with E-state index in [4.69, 9.17) is 14.2 Å². The Morgan fingerprint density at radius 2 is 1.87 bits per heavy atom. The molecule has 0 saturated carbocycles. The second-order valence-electron chi connectivity index (χ2n) is 6.36. The van der Waals surface area contributed by atoms with Crippen molar-refractivity contribution in [3.05, 3.63) is 59.8 Å². The first-order valence-corrected chi connectivity index (χ1v) is 10.0. The summed E-state index contributed by atoms with van der Waals surface area (Å²) in [5.41, 5.74) is 2.16. The summed E-state index contributed by atoms with van der Waals surface area (Å²) in [6.07, 6.45) is 2.66. The summed E-state index contributed by atoms with van der Waals surface area (Å²) >= 11 is 0. The van der Waals surface area contributed by atoms with E-state index in [-0.39, 0.29) is 24.0 Å². The molecule has 166 valence electrons. The Kier molecular flexibility index (Phi) is 14.7. The standard InChI is InChI=1S/C22H32N4O3.HI/c1-3-23-22(25-11-7-13-28-15-14-27-2)26-17-20-10-12-24-21(16-20)29-18-19-8-5-4-6-9-19;/h4-6,8-10,12,16H,3,7,11,13-15,17-18H2,1-2H3,(H2,23,25,26);1H. The number of benzene rings is 1. The zero-order valence-electron chi connectivity index (χ0n) is 17.8. The summed E-state index contributed by atoms with van der Waals surface area (Å²) in [5.74, 6) is 1.39. The van der Waals surface area contributed by atoms with Gasteiger partial charge in [0.15, 0.2) is 5.96 Å². The molecule has 1 heterocycles. The molecule has 0 fully saturated rings. The van der Waals surface area contributed by atoms with Crippen LogP contribution in [-0.4, -0.2) is 51.0 Å². The van der Waals surface area contributed by atoms with Crippen LogP contribution in [0.3, 0.4) is 0 Å². The molecule has 1 aromatic heterocycles. The van der Waals surface area contributed by atoms with Gasteiger partial charge in [-0.2, -0.15) is 0 Å². The Hall–Kier alpha value is -1.91. The molecule has 0 aliphatic rings. The van der Waals surface area contributed by atoms with Crippen LogP contribution in [0.2, 0.25) is 0 Å². The number of pyridine rings is 1. The molecule has 8 heteroatoms. The van der Waals surface area contributed by atoms with Crippen LogP contribution in [0.5, 0.6) is 5.88 Å². The first-order chi connectivity index (χ1) is 14.3. The Morgan fingerprint density at radius 3 is 2.63 bits per heavy atom. The quantitative estimate of drug-likeness (QED) is 0.180. The third-order valence-electron chi connectivity index (χ3n) is 3.98. The Bertz CT molecular complexity index is 717. The second-order valence-corrected chi connectivity index (χ2v) is 6.36. The lowest BCUT2D eigenvalue weighted by molar-refractivity contribution is 0.0698. The van der Waals surface area contributed by atoms with E-state index in [0.29, 0.717) is 38.9 Å². The molecule has 0 aliphatic carbocycles. The van der Waals surface area contributed by atoms with Crippen LogP contribution < -0.4 is 15.4 Å². The Morgan fingerprint density at radius 1 is 1.03 bits per heavy atom. The minimum Gasteiger partial charge on any atom is -0.473 e. The van der Waals surface area contributed by atoms with E-state index in [1.807, 2.05) is 49.4 Å². The van der Waals surface area contributed by atoms with Crippen molar-refractivity contribution in [3.8, 4) is 5.88 Å². The molecule has 2 aromatic rings. The van der Waals surface area contributed by atoms with Gasteiger partial charge in [-0.15, -0.1) is 24.0 Å². The van der Waals surface area contributed by atoms with Crippen LogP contribution in [0.4, 0.5) is 0 Å². The highest BCUT2D eigenvalue weighted by Crippen LogP contribution is 2.12. The molecule has 2 N–H and O–H groups in total. The third-order valence-corrected chi connectivity index (χ3v) is 3.98. The summed E-state index contributed by atoms with van der Waals surface area (Å²) in [5, 5.41) is 6.58. The van der Waals surface area contributed by atoms with Crippen LogP contribution >= 0.6 is 24.0 Å². The van der Waals surface area contributed by atoms with Crippen LogP contribution in [-0.2, 0) is 22.6 Å². The first-order valence-electron chi connectivity index (χ1n) is 10.0. The normalized spacial score (nSPS) is 10.9. The van der Waals surface area contributed by atoms with Gasteiger partial charge in [0.1, 0.15) is 6.61 Å². The molecule has 1 aromatic carbocycles. The average molecular weight is 528 g/mol. The predicted molar refractivity (Wildman–Crippen MR) is 131 cm³/mol. The van der Waals surface area contributed by atoms with Crippen molar-refractivity contribution in [2.45, 2.75) is 26.5 Å². The summed E-state index contributed by atoms with van der Waals surface area (Å²) < 4.78 is 16.2. The van der Waals surface area contributed by atoms with Crippen molar-refractivity contribution in [2.75, 3.05) is 40.0 Å². The fourth-order valence-corrected chi connectivity index (χ4v) is 2.50. The molecule has 7 nitrogen and oxygen atoms in total.